The van der Waals surface area contributed by atoms with Gasteiger partial charge in [-0.15, -0.1) is 0 Å². The lowest BCUT2D eigenvalue weighted by Crippen LogP contribution is -2.52. The van der Waals surface area contributed by atoms with Gasteiger partial charge in [0.2, 0.25) is 0 Å². The molecule has 2 aliphatic heterocycles. The topological polar surface area (TPSA) is 118 Å². The molecule has 1 amide bonds. The number of amides is 1. The van der Waals surface area contributed by atoms with Crippen LogP contribution in [-0.2, 0) is 0 Å². The van der Waals surface area contributed by atoms with Crippen LogP contribution in [0.4, 0.5) is 11.5 Å². The minimum absolute atomic E-state index is 0.0224. The van der Waals surface area contributed by atoms with Gasteiger partial charge in [-0.1, -0.05) is 23.5 Å². The van der Waals surface area contributed by atoms with E-state index in [0.717, 1.165) is 42.0 Å². The van der Waals surface area contributed by atoms with Gasteiger partial charge in [-0.05, 0) is 58.2 Å². The molecule has 2 fully saturated rings. The van der Waals surface area contributed by atoms with Crippen molar-refractivity contribution in [3.63, 3.8) is 0 Å². The molecule has 2 saturated heterocycles. The summed E-state index contributed by atoms with van der Waals surface area (Å²) in [6.07, 6.45) is 6.06. The number of nitrogens with zero attached hydrogens (tertiary/aromatic N) is 5. The van der Waals surface area contributed by atoms with Gasteiger partial charge in [-0.2, -0.15) is 5.10 Å². The maximum absolute atomic E-state index is 13.8. The number of carbonyl (C=O) groups is 1. The summed E-state index contributed by atoms with van der Waals surface area (Å²) in [5.41, 5.74) is 3.25. The SMILES string of the molecule is CSNc1ccc(Cl)cc1C(=O)N1CCCCC1c1cc2nc(N3CC(O)C(NC(C)(C)CO)C3)c(C)cn2n1. The van der Waals surface area contributed by atoms with Crippen LogP contribution in [0.2, 0.25) is 5.02 Å². The van der Waals surface area contributed by atoms with Crippen molar-refractivity contribution in [3.05, 3.63) is 52.3 Å². The second kappa shape index (κ2) is 11.7. The van der Waals surface area contributed by atoms with E-state index in [1.165, 1.54) is 11.9 Å². The highest BCUT2D eigenvalue weighted by molar-refractivity contribution is 7.99. The van der Waals surface area contributed by atoms with Crippen molar-refractivity contribution in [1.29, 1.82) is 0 Å². The maximum atomic E-state index is 13.8. The first kappa shape index (κ1) is 28.9. The summed E-state index contributed by atoms with van der Waals surface area (Å²) in [5.74, 6) is 0.730. The van der Waals surface area contributed by atoms with Crippen molar-refractivity contribution in [2.45, 2.75) is 63.8 Å². The minimum Gasteiger partial charge on any atom is -0.394 e. The molecule has 40 heavy (non-hydrogen) atoms. The fourth-order valence-corrected chi connectivity index (χ4v) is 6.25. The van der Waals surface area contributed by atoms with Gasteiger partial charge in [0.25, 0.3) is 5.91 Å². The number of aromatic nitrogens is 3. The van der Waals surface area contributed by atoms with Gasteiger partial charge in [0.1, 0.15) is 5.82 Å². The average Bonchev–Trinajstić information content (AvgIpc) is 3.51. The van der Waals surface area contributed by atoms with Crippen LogP contribution in [0.25, 0.3) is 5.65 Å². The van der Waals surface area contributed by atoms with E-state index in [4.69, 9.17) is 21.7 Å². The Bertz CT molecular complexity index is 1380. The molecule has 4 N–H and O–H groups in total. The molecule has 5 rings (SSSR count). The summed E-state index contributed by atoms with van der Waals surface area (Å²) in [4.78, 5) is 22.8. The summed E-state index contributed by atoms with van der Waals surface area (Å²) in [6.45, 7) is 7.46. The zero-order chi connectivity index (χ0) is 28.6. The van der Waals surface area contributed by atoms with E-state index < -0.39 is 11.6 Å². The molecule has 2 aromatic heterocycles. The first-order valence-corrected chi connectivity index (χ1v) is 15.3. The number of rotatable bonds is 8. The number of fused-ring (bicyclic) bond motifs is 1. The summed E-state index contributed by atoms with van der Waals surface area (Å²) in [6, 6.07) is 6.96. The summed E-state index contributed by atoms with van der Waals surface area (Å²) in [7, 11) is 0. The number of aryl methyl sites for hydroxylation is 1. The Morgan fingerprint density at radius 2 is 2.05 bits per heavy atom. The van der Waals surface area contributed by atoms with Crippen LogP contribution in [-0.4, -0.2) is 85.8 Å². The molecule has 3 aromatic rings. The Labute approximate surface area is 244 Å². The van der Waals surface area contributed by atoms with Crippen molar-refractivity contribution in [2.75, 3.05) is 42.1 Å². The fourth-order valence-electron chi connectivity index (χ4n) is 5.68. The Balaban J connectivity index is 1.42. The first-order chi connectivity index (χ1) is 19.1. The standard InChI is InChI=1S/C28H38ClN7O3S/c1-17-13-36-25(30-26(17)34-14-22(24(38)15-34)31-28(2,3)16-37)12-21(32-36)23-7-5-6-10-35(23)27(39)19-11-18(29)8-9-20(19)33-40-4/h8-9,11-13,22-24,31,33,37-38H,5-7,10,14-16H2,1-4H3. The van der Waals surface area contributed by atoms with Gasteiger partial charge in [0.05, 0.1) is 41.7 Å². The molecule has 2 aliphatic rings. The normalized spacial score (nSPS) is 21.8. The Morgan fingerprint density at radius 1 is 1.25 bits per heavy atom. The van der Waals surface area contributed by atoms with Crippen LogP contribution in [0.15, 0.2) is 30.5 Å². The molecule has 1 aromatic carbocycles. The van der Waals surface area contributed by atoms with Crippen molar-refractivity contribution >= 4 is 46.6 Å². The molecule has 0 radical (unpaired) electrons. The zero-order valence-corrected chi connectivity index (χ0v) is 25.0. The zero-order valence-electron chi connectivity index (χ0n) is 23.4. The lowest BCUT2D eigenvalue weighted by Gasteiger charge is -2.35. The number of piperidine rings is 1. The van der Waals surface area contributed by atoms with E-state index in [0.29, 0.717) is 35.9 Å². The molecule has 0 aliphatic carbocycles. The molecule has 0 saturated carbocycles. The predicted octanol–water partition coefficient (Wildman–Crippen LogP) is 3.66. The van der Waals surface area contributed by atoms with E-state index in [2.05, 4.69) is 14.9 Å². The number of halogens is 1. The highest BCUT2D eigenvalue weighted by Gasteiger charge is 2.36. The third-order valence-corrected chi connectivity index (χ3v) is 8.37. The maximum Gasteiger partial charge on any atom is 0.256 e. The first-order valence-electron chi connectivity index (χ1n) is 13.7. The van der Waals surface area contributed by atoms with E-state index in [-0.39, 0.29) is 24.6 Å². The third-order valence-electron chi connectivity index (χ3n) is 7.71. The fraction of sp³-hybridized carbons (Fsp3) is 0.536. The van der Waals surface area contributed by atoms with Crippen LogP contribution < -0.4 is 14.9 Å². The van der Waals surface area contributed by atoms with Crippen LogP contribution in [0.5, 0.6) is 0 Å². The van der Waals surface area contributed by atoms with Crippen molar-refractivity contribution in [3.8, 4) is 0 Å². The highest BCUT2D eigenvalue weighted by atomic mass is 35.5. The highest BCUT2D eigenvalue weighted by Crippen LogP contribution is 2.35. The minimum atomic E-state index is -0.581. The number of β-amino-alcohol motifs (C(OH)–C–C–N with tert-alkyl or cyclic N) is 1. The lowest BCUT2D eigenvalue weighted by atomic mass is 9.98. The van der Waals surface area contributed by atoms with Crippen molar-refractivity contribution in [2.24, 2.45) is 0 Å². The molecule has 4 heterocycles. The van der Waals surface area contributed by atoms with Gasteiger partial charge >= 0.3 is 0 Å². The van der Waals surface area contributed by atoms with E-state index in [1.54, 1.807) is 16.6 Å². The van der Waals surface area contributed by atoms with Crippen molar-refractivity contribution in [1.82, 2.24) is 24.8 Å². The number of aliphatic hydroxyl groups is 2. The van der Waals surface area contributed by atoms with Gasteiger partial charge < -0.3 is 30.1 Å². The Morgan fingerprint density at radius 3 is 2.80 bits per heavy atom. The molecule has 0 spiro atoms. The van der Waals surface area contributed by atoms with Crippen LogP contribution in [0, 0.1) is 6.92 Å². The molecule has 10 nitrogen and oxygen atoms in total. The number of anilines is 2. The smallest absolute Gasteiger partial charge is 0.256 e. The van der Waals surface area contributed by atoms with Crippen LogP contribution in [0.3, 0.4) is 0 Å². The second-order valence-corrected chi connectivity index (χ2v) is 12.4. The molecule has 216 valence electrons. The monoisotopic (exact) mass is 587 g/mol. The van der Waals surface area contributed by atoms with Gasteiger partial charge in [-0.3, -0.25) is 4.79 Å². The van der Waals surface area contributed by atoms with Crippen LogP contribution in [0.1, 0.15) is 60.8 Å². The quantitative estimate of drug-likeness (QED) is 0.293. The number of likely N-dealkylation sites (tertiary alicyclic amines) is 1. The van der Waals surface area contributed by atoms with Gasteiger partial charge in [0.15, 0.2) is 5.65 Å². The summed E-state index contributed by atoms with van der Waals surface area (Å²) >= 11 is 7.72. The lowest BCUT2D eigenvalue weighted by molar-refractivity contribution is 0.0607. The van der Waals surface area contributed by atoms with Gasteiger partial charge in [0, 0.05) is 54.3 Å². The molecular formula is C28H38ClN7O3S. The van der Waals surface area contributed by atoms with Gasteiger partial charge in [-0.25, -0.2) is 9.50 Å². The molecule has 0 bridgehead atoms. The third kappa shape index (κ3) is 5.89. The average molecular weight is 588 g/mol. The summed E-state index contributed by atoms with van der Waals surface area (Å²) in [5, 5.41) is 29.1. The summed E-state index contributed by atoms with van der Waals surface area (Å²) < 4.78 is 4.98. The number of hydrogen-bond donors (Lipinski definition) is 4. The van der Waals surface area contributed by atoms with Crippen molar-refractivity contribution < 1.29 is 15.0 Å². The van der Waals surface area contributed by atoms with E-state index in [1.807, 2.05) is 50.3 Å². The Hall–Kier alpha value is -2.57. The number of benzene rings is 1. The second-order valence-electron chi connectivity index (χ2n) is 11.4. The molecular weight excluding hydrogens is 550 g/mol. The largest absolute Gasteiger partial charge is 0.394 e. The Kier molecular flexibility index (Phi) is 8.49. The van der Waals surface area contributed by atoms with E-state index in [9.17, 15) is 15.0 Å². The number of aliphatic hydroxyl groups excluding tert-OH is 2. The predicted molar refractivity (Wildman–Crippen MR) is 160 cm³/mol. The molecule has 3 atom stereocenters. The molecule has 3 unspecified atom stereocenters. The number of carbonyl (C=O) groups excluding carboxylic acids is 1. The van der Waals surface area contributed by atoms with Crippen LogP contribution >= 0.6 is 23.5 Å². The van der Waals surface area contributed by atoms with E-state index >= 15 is 0 Å². The molecule has 12 heteroatoms. The number of hydrogen-bond acceptors (Lipinski definition) is 9. The number of nitrogens with one attached hydrogen (secondary N) is 2.